The van der Waals surface area contributed by atoms with Gasteiger partial charge < -0.3 is 26.9 Å². The summed E-state index contributed by atoms with van der Waals surface area (Å²) < 4.78 is 7.06. The Hall–Kier alpha value is -2.94. The van der Waals surface area contributed by atoms with E-state index >= 15 is 0 Å². The highest BCUT2D eigenvalue weighted by molar-refractivity contribution is 7.95. The molecular weight excluding hydrogens is 553 g/mol. The fourth-order valence-electron chi connectivity index (χ4n) is 4.50. The van der Waals surface area contributed by atoms with Crippen LogP contribution in [-0.4, -0.2) is 29.3 Å². The first-order valence-electron chi connectivity index (χ1n) is 13.0. The molecule has 0 spiro atoms. The molecule has 0 unspecified atom stereocenters. The molecule has 0 N–H and O–H groups in total. The average molecular weight is 591 g/mol. The molecule has 0 radical (unpaired) electrons. The van der Waals surface area contributed by atoms with Crippen LogP contribution in [0.1, 0.15) is 39.2 Å². The lowest BCUT2D eigenvalue weighted by molar-refractivity contribution is -0.530. The van der Waals surface area contributed by atoms with Gasteiger partial charge >= 0.3 is 0 Å². The second-order valence-electron chi connectivity index (χ2n) is 10.3. The molecule has 198 valence electrons. The summed E-state index contributed by atoms with van der Waals surface area (Å²) in [6.07, 6.45) is 4.76. The van der Waals surface area contributed by atoms with Crippen LogP contribution < -0.4 is 37.6 Å². The van der Waals surface area contributed by atoms with Crippen molar-refractivity contribution in [1.29, 1.82) is 0 Å². The van der Waals surface area contributed by atoms with Crippen molar-refractivity contribution in [3.63, 3.8) is 0 Å². The molecule has 0 aliphatic heterocycles. The van der Waals surface area contributed by atoms with E-state index in [1.165, 1.54) is 15.9 Å². The van der Waals surface area contributed by atoms with Crippen LogP contribution in [0.4, 0.5) is 0 Å². The molecular formula is C33H37BrNO2P. The van der Waals surface area contributed by atoms with Crippen molar-refractivity contribution in [2.75, 3.05) is 12.8 Å². The van der Waals surface area contributed by atoms with Gasteiger partial charge in [-0.05, 0) is 73.5 Å². The van der Waals surface area contributed by atoms with Gasteiger partial charge in [-0.2, -0.15) is 0 Å². The van der Waals surface area contributed by atoms with Gasteiger partial charge in [0.1, 0.15) is 28.9 Å². The maximum Gasteiger partial charge on any atom is 0.182 e. The van der Waals surface area contributed by atoms with Gasteiger partial charge in [-0.25, -0.2) is 4.74 Å². The van der Waals surface area contributed by atoms with Crippen LogP contribution in [0, 0.1) is 5.21 Å². The molecule has 0 aliphatic rings. The summed E-state index contributed by atoms with van der Waals surface area (Å²) in [6, 6.07) is 40.8. The molecule has 0 saturated heterocycles. The van der Waals surface area contributed by atoms with Crippen LogP contribution in [0.2, 0.25) is 0 Å². The predicted molar refractivity (Wildman–Crippen MR) is 160 cm³/mol. The normalized spacial score (nSPS) is 12.0. The molecule has 38 heavy (non-hydrogen) atoms. The maximum absolute atomic E-state index is 12.2. The van der Waals surface area contributed by atoms with Gasteiger partial charge in [-0.15, -0.1) is 0 Å². The van der Waals surface area contributed by atoms with Crippen molar-refractivity contribution in [2.45, 2.75) is 39.2 Å². The van der Waals surface area contributed by atoms with Crippen molar-refractivity contribution >= 4 is 29.4 Å². The van der Waals surface area contributed by atoms with Crippen molar-refractivity contribution in [2.24, 2.45) is 0 Å². The van der Waals surface area contributed by atoms with Gasteiger partial charge in [0.2, 0.25) is 0 Å². The molecule has 4 aromatic carbocycles. The summed E-state index contributed by atoms with van der Waals surface area (Å²) in [5.74, 6) is 0.834. The zero-order valence-electron chi connectivity index (χ0n) is 22.5. The third-order valence-corrected chi connectivity index (χ3v) is 11.1. The minimum absolute atomic E-state index is 0. The molecule has 4 aromatic rings. The summed E-state index contributed by atoms with van der Waals surface area (Å²) >= 11 is 0. The van der Waals surface area contributed by atoms with E-state index in [2.05, 4.69) is 91.0 Å². The average Bonchev–Trinajstić information content (AvgIpc) is 2.93. The highest BCUT2D eigenvalue weighted by atomic mass is 79.9. The van der Waals surface area contributed by atoms with E-state index in [4.69, 9.17) is 4.74 Å². The van der Waals surface area contributed by atoms with Gasteiger partial charge in [0.05, 0.1) is 12.8 Å². The lowest BCUT2D eigenvalue weighted by Crippen LogP contribution is -3.00. The summed E-state index contributed by atoms with van der Waals surface area (Å²) in [5.41, 5.74) is 0.423. The third-order valence-electron chi connectivity index (χ3n) is 6.56. The Morgan fingerprint density at radius 3 is 1.55 bits per heavy atom. The molecule has 0 bridgehead atoms. The Balaban J connectivity index is 0.00000400. The first-order valence-corrected chi connectivity index (χ1v) is 15.0. The van der Waals surface area contributed by atoms with Gasteiger partial charge in [-0.1, -0.05) is 54.6 Å². The van der Waals surface area contributed by atoms with Crippen LogP contribution in [0.15, 0.2) is 115 Å². The Morgan fingerprint density at radius 1 is 0.684 bits per heavy atom. The zero-order chi connectivity index (χ0) is 26.1. The highest BCUT2D eigenvalue weighted by Gasteiger charge is 2.44. The summed E-state index contributed by atoms with van der Waals surface area (Å²) in [6.45, 7) is 6.37. The van der Waals surface area contributed by atoms with E-state index in [1.54, 1.807) is 6.21 Å². The third kappa shape index (κ3) is 7.34. The standard InChI is InChI=1S/C33H37NO2P.BrH/c1-33(2,3)34(35)27-28-21-23-29(24-22-28)36-25-13-14-26-37(30-15-7-4-8-16-30,31-17-9-5-10-18-31)32-19-11-6-12-20-32;/h4-12,15-24,27H,13-14,25-26H2,1-3H3;1H/q+1;/p-1/b34-27-;. The van der Waals surface area contributed by atoms with Crippen molar-refractivity contribution in [3.05, 3.63) is 126 Å². The largest absolute Gasteiger partial charge is 1.00 e. The van der Waals surface area contributed by atoms with Crippen molar-refractivity contribution in [3.8, 4) is 5.75 Å². The summed E-state index contributed by atoms with van der Waals surface area (Å²) in [7, 11) is -1.79. The minimum Gasteiger partial charge on any atom is -1.00 e. The molecule has 0 atom stereocenters. The van der Waals surface area contributed by atoms with Crippen LogP contribution in [-0.2, 0) is 0 Å². The first-order chi connectivity index (χ1) is 17.9. The van der Waals surface area contributed by atoms with Gasteiger partial charge in [0, 0.05) is 26.3 Å². The molecule has 3 nitrogen and oxygen atoms in total. The molecule has 4 rings (SSSR count). The smallest absolute Gasteiger partial charge is 0.182 e. The number of hydrogen-bond donors (Lipinski definition) is 0. The first kappa shape index (κ1) is 29.6. The molecule has 0 aliphatic carbocycles. The SMILES string of the molecule is CC(C)(C)/[N+]([O-])=C/c1ccc(OCCCC[P+](c2ccccc2)(c2ccccc2)c2ccccc2)cc1.[Br-]. The van der Waals surface area contributed by atoms with Crippen molar-refractivity contribution < 1.29 is 26.5 Å². The van der Waals surface area contributed by atoms with Crippen LogP contribution in [0.5, 0.6) is 5.75 Å². The van der Waals surface area contributed by atoms with E-state index in [1.807, 2.05) is 45.0 Å². The predicted octanol–water partition coefficient (Wildman–Crippen LogP) is 3.57. The number of hydrogen-bond acceptors (Lipinski definition) is 2. The topological polar surface area (TPSA) is 35.3 Å². The van der Waals surface area contributed by atoms with Gasteiger partial charge in [-0.3, -0.25) is 0 Å². The van der Waals surface area contributed by atoms with Crippen LogP contribution in [0.3, 0.4) is 0 Å². The number of ether oxygens (including phenoxy) is 1. The molecule has 0 fully saturated rings. The Morgan fingerprint density at radius 2 is 1.13 bits per heavy atom. The lowest BCUT2D eigenvalue weighted by Gasteiger charge is -2.27. The molecule has 0 saturated carbocycles. The molecule has 0 heterocycles. The number of hydroxylamine groups is 1. The van der Waals surface area contributed by atoms with Crippen LogP contribution >= 0.6 is 7.26 Å². The minimum atomic E-state index is -1.79. The van der Waals surface area contributed by atoms with E-state index < -0.39 is 12.8 Å². The molecule has 0 amide bonds. The van der Waals surface area contributed by atoms with Gasteiger partial charge in [0.25, 0.3) is 0 Å². The highest BCUT2D eigenvalue weighted by Crippen LogP contribution is 2.55. The summed E-state index contributed by atoms with van der Waals surface area (Å²) in [5, 5.41) is 16.4. The van der Waals surface area contributed by atoms with E-state index in [9.17, 15) is 5.21 Å². The Labute approximate surface area is 238 Å². The van der Waals surface area contributed by atoms with Crippen molar-refractivity contribution in [1.82, 2.24) is 0 Å². The van der Waals surface area contributed by atoms with E-state index in [0.29, 0.717) is 6.61 Å². The second kappa shape index (κ2) is 13.7. The van der Waals surface area contributed by atoms with E-state index in [0.717, 1.165) is 35.1 Å². The van der Waals surface area contributed by atoms with E-state index in [-0.39, 0.29) is 17.0 Å². The fraction of sp³-hybridized carbons (Fsp3) is 0.242. The number of rotatable bonds is 10. The Bertz CT molecular complexity index is 1170. The molecule has 0 aromatic heterocycles. The number of nitrogens with zero attached hydrogens (tertiary/aromatic N) is 1. The number of benzene rings is 4. The fourth-order valence-corrected chi connectivity index (χ4v) is 8.91. The second-order valence-corrected chi connectivity index (χ2v) is 13.9. The lowest BCUT2D eigenvalue weighted by atomic mass is 10.1. The monoisotopic (exact) mass is 589 g/mol. The summed E-state index contributed by atoms with van der Waals surface area (Å²) in [4.78, 5) is 0. The van der Waals surface area contributed by atoms with Gasteiger partial charge in [0.15, 0.2) is 11.8 Å². The quantitative estimate of drug-likeness (QED) is 0.0708. The molecule has 5 heteroatoms. The van der Waals surface area contributed by atoms with Crippen LogP contribution in [0.25, 0.3) is 0 Å². The number of halogens is 1. The maximum atomic E-state index is 12.2. The zero-order valence-corrected chi connectivity index (χ0v) is 24.9. The Kier molecular flexibility index (Phi) is 10.7. The number of unbranched alkanes of at least 4 members (excludes halogenated alkanes) is 1.